The summed E-state index contributed by atoms with van der Waals surface area (Å²) in [5, 5.41) is 14.1. The van der Waals surface area contributed by atoms with E-state index in [1.54, 1.807) is 13.1 Å². The fraction of sp³-hybridized carbons (Fsp3) is 0.154. The van der Waals surface area contributed by atoms with E-state index < -0.39 is 16.8 Å². The molecule has 0 spiro atoms. The Hall–Kier alpha value is -1.92. The number of anilines is 1. The van der Waals surface area contributed by atoms with Gasteiger partial charge in [0.05, 0.1) is 16.1 Å². The minimum absolute atomic E-state index is 0.0757. The molecule has 0 aliphatic rings. The average Bonchev–Trinajstić information content (AvgIpc) is 2.43. The molecule has 2 rings (SSSR count). The summed E-state index contributed by atoms with van der Waals surface area (Å²) in [4.78, 5) is 13.2. The first-order chi connectivity index (χ1) is 9.90. The lowest BCUT2D eigenvalue weighted by molar-refractivity contribution is -0.409. The zero-order valence-electron chi connectivity index (χ0n) is 10.9. The van der Waals surface area contributed by atoms with E-state index in [0.29, 0.717) is 5.56 Å². The first kappa shape index (κ1) is 15.5. The number of nitrogens with zero attached hydrogens (tertiary/aromatic N) is 1. The van der Waals surface area contributed by atoms with Crippen LogP contribution in [-0.4, -0.2) is 4.92 Å². The van der Waals surface area contributed by atoms with Crippen LogP contribution in [0.1, 0.15) is 18.5 Å². The fourth-order valence-electron chi connectivity index (χ4n) is 1.86. The Kier molecular flexibility index (Phi) is 4.59. The number of aromatic nitrogens is 1. The molecule has 0 saturated heterocycles. The molecule has 8 heteroatoms. The third kappa shape index (κ3) is 3.40. The van der Waals surface area contributed by atoms with Gasteiger partial charge in [0.2, 0.25) is 0 Å². The summed E-state index contributed by atoms with van der Waals surface area (Å²) in [5.41, 5.74) is 0.333. The van der Waals surface area contributed by atoms with Crippen molar-refractivity contribution in [3.8, 4) is 0 Å². The van der Waals surface area contributed by atoms with Crippen LogP contribution in [0.5, 0.6) is 0 Å². The molecule has 0 radical (unpaired) electrons. The molecule has 2 aromatic rings. The third-order valence-corrected chi connectivity index (χ3v) is 3.51. The average molecular weight is 331 g/mol. The smallest absolute Gasteiger partial charge is 0.262 e. The number of aromatic amines is 1. The van der Waals surface area contributed by atoms with E-state index in [2.05, 4.69) is 10.3 Å². The molecule has 21 heavy (non-hydrogen) atoms. The highest BCUT2D eigenvalue weighted by molar-refractivity contribution is 6.35. The summed E-state index contributed by atoms with van der Waals surface area (Å²) in [5.74, 6) is -0.391. The van der Waals surface area contributed by atoms with Gasteiger partial charge in [-0.1, -0.05) is 23.2 Å². The summed E-state index contributed by atoms with van der Waals surface area (Å²) in [7, 11) is 0. The number of nitrogens with one attached hydrogen (secondary N) is 2. The standard InChI is InChI=1S/C13H10Cl2FN3O2/c1-7(8-5-11(16)10(15)6-9(8)14)18-13-12(19(20)21)3-2-4-17-13/h2-7H,1H3,(H,17,18)/p+1/t7-/m1/s1. The normalized spacial score (nSPS) is 12.0. The number of benzene rings is 1. The molecule has 1 aromatic carbocycles. The summed E-state index contributed by atoms with van der Waals surface area (Å²) < 4.78 is 13.5. The van der Waals surface area contributed by atoms with Crippen LogP contribution in [0.3, 0.4) is 0 Å². The molecule has 0 saturated carbocycles. The maximum atomic E-state index is 13.5. The van der Waals surface area contributed by atoms with Gasteiger partial charge in [0.15, 0.2) is 0 Å². The van der Waals surface area contributed by atoms with Crippen LogP contribution >= 0.6 is 23.2 Å². The molecule has 2 N–H and O–H groups in total. The second-order valence-corrected chi connectivity index (χ2v) is 5.16. The van der Waals surface area contributed by atoms with Crippen LogP contribution in [-0.2, 0) is 0 Å². The number of rotatable bonds is 4. The second-order valence-electron chi connectivity index (χ2n) is 4.34. The Morgan fingerprint density at radius 2 is 2.10 bits per heavy atom. The summed E-state index contributed by atoms with van der Waals surface area (Å²) in [6, 6.07) is 4.92. The van der Waals surface area contributed by atoms with Crippen molar-refractivity contribution in [2.75, 3.05) is 5.32 Å². The fourth-order valence-corrected chi connectivity index (χ4v) is 2.41. The van der Waals surface area contributed by atoms with Gasteiger partial charge in [0.25, 0.3) is 0 Å². The molecule has 0 fully saturated rings. The third-order valence-electron chi connectivity index (χ3n) is 2.90. The summed E-state index contributed by atoms with van der Waals surface area (Å²) in [6.45, 7) is 1.71. The van der Waals surface area contributed by atoms with E-state index in [-0.39, 0.29) is 21.6 Å². The molecule has 0 aliphatic carbocycles. The van der Waals surface area contributed by atoms with Gasteiger partial charge in [-0.2, -0.15) is 0 Å². The quantitative estimate of drug-likeness (QED) is 0.522. The van der Waals surface area contributed by atoms with Crippen molar-refractivity contribution in [1.82, 2.24) is 0 Å². The van der Waals surface area contributed by atoms with Crippen molar-refractivity contribution in [3.05, 3.63) is 62.0 Å². The molecule has 1 aromatic heterocycles. The van der Waals surface area contributed by atoms with E-state index in [4.69, 9.17) is 23.2 Å². The largest absolute Gasteiger partial charge is 0.357 e. The zero-order chi connectivity index (χ0) is 15.6. The molecule has 0 unspecified atom stereocenters. The van der Waals surface area contributed by atoms with Crippen molar-refractivity contribution < 1.29 is 14.3 Å². The Bertz CT molecular complexity index is 697. The minimum atomic E-state index is -0.601. The van der Waals surface area contributed by atoms with E-state index in [9.17, 15) is 14.5 Å². The molecule has 1 heterocycles. The van der Waals surface area contributed by atoms with Crippen molar-refractivity contribution in [3.63, 3.8) is 0 Å². The van der Waals surface area contributed by atoms with Crippen LogP contribution in [0.4, 0.5) is 15.9 Å². The summed E-state index contributed by atoms with van der Waals surface area (Å²) in [6.07, 6.45) is 1.55. The van der Waals surface area contributed by atoms with Crippen molar-refractivity contribution >= 4 is 34.7 Å². The van der Waals surface area contributed by atoms with Gasteiger partial charge in [0.1, 0.15) is 11.9 Å². The highest BCUT2D eigenvalue weighted by Crippen LogP contribution is 2.31. The Morgan fingerprint density at radius 3 is 2.76 bits per heavy atom. The lowest BCUT2D eigenvalue weighted by Gasteiger charge is -2.12. The van der Waals surface area contributed by atoms with E-state index >= 15 is 0 Å². The first-order valence-electron chi connectivity index (χ1n) is 5.96. The number of halogens is 3. The molecule has 0 aliphatic heterocycles. The maximum absolute atomic E-state index is 13.5. The molecule has 0 amide bonds. The minimum Gasteiger partial charge on any atom is -0.262 e. The van der Waals surface area contributed by atoms with Crippen molar-refractivity contribution in [2.45, 2.75) is 13.0 Å². The highest BCUT2D eigenvalue weighted by Gasteiger charge is 2.24. The van der Waals surface area contributed by atoms with Crippen LogP contribution in [0.2, 0.25) is 10.0 Å². The van der Waals surface area contributed by atoms with Crippen molar-refractivity contribution in [2.24, 2.45) is 0 Å². The number of hydrogen-bond donors (Lipinski definition) is 1. The van der Waals surface area contributed by atoms with Gasteiger partial charge < -0.3 is 0 Å². The monoisotopic (exact) mass is 330 g/mol. The van der Waals surface area contributed by atoms with E-state index in [0.717, 1.165) is 0 Å². The van der Waals surface area contributed by atoms with E-state index in [1.165, 1.54) is 24.3 Å². The van der Waals surface area contributed by atoms with Crippen LogP contribution < -0.4 is 10.3 Å². The highest BCUT2D eigenvalue weighted by atomic mass is 35.5. The number of hydrogen-bond acceptors (Lipinski definition) is 3. The maximum Gasteiger partial charge on any atom is 0.357 e. The molecular weight excluding hydrogens is 320 g/mol. The Morgan fingerprint density at radius 1 is 1.38 bits per heavy atom. The van der Waals surface area contributed by atoms with Gasteiger partial charge in [0, 0.05) is 16.7 Å². The van der Waals surface area contributed by atoms with Gasteiger partial charge >= 0.3 is 11.5 Å². The first-order valence-corrected chi connectivity index (χ1v) is 6.72. The predicted molar refractivity (Wildman–Crippen MR) is 78.1 cm³/mol. The van der Waals surface area contributed by atoms with Gasteiger partial charge in [-0.25, -0.2) is 9.37 Å². The molecule has 110 valence electrons. The van der Waals surface area contributed by atoms with Gasteiger partial charge in [-0.3, -0.25) is 15.4 Å². The predicted octanol–water partition coefficient (Wildman–Crippen LogP) is 4.03. The lowest BCUT2D eigenvalue weighted by atomic mass is 10.1. The van der Waals surface area contributed by atoms with Crippen LogP contribution in [0, 0.1) is 15.9 Å². The number of pyridine rings is 1. The van der Waals surface area contributed by atoms with Crippen LogP contribution in [0.15, 0.2) is 30.5 Å². The van der Waals surface area contributed by atoms with Gasteiger partial charge in [-0.05, 0) is 25.1 Å². The Labute approximate surface area is 129 Å². The van der Waals surface area contributed by atoms with E-state index in [1.807, 2.05) is 0 Å². The molecular formula is C13H11Cl2FN3O2+. The number of nitro groups is 1. The van der Waals surface area contributed by atoms with Gasteiger partial charge in [-0.15, -0.1) is 0 Å². The topological polar surface area (TPSA) is 69.3 Å². The summed E-state index contributed by atoms with van der Waals surface area (Å²) >= 11 is 11.7. The number of H-pyrrole nitrogens is 1. The zero-order valence-corrected chi connectivity index (χ0v) is 12.4. The SMILES string of the molecule is C[C@@H](Nc1[nH+]cccc1[N+](=O)[O-])c1cc(F)c(Cl)cc1Cl. The second kappa shape index (κ2) is 6.24. The van der Waals surface area contributed by atoms with Crippen molar-refractivity contribution in [1.29, 1.82) is 0 Å². The molecule has 5 nitrogen and oxygen atoms in total. The molecule has 0 bridgehead atoms. The Balaban J connectivity index is 2.33. The van der Waals surface area contributed by atoms with Crippen LogP contribution in [0.25, 0.3) is 0 Å². The molecule has 1 atom stereocenters. The lowest BCUT2D eigenvalue weighted by Crippen LogP contribution is -2.18.